The zero-order chi connectivity index (χ0) is 8.10. The maximum atomic E-state index is 3.97. The molecular formula is C9H10N2. The van der Waals surface area contributed by atoms with E-state index in [1.807, 2.05) is 19.2 Å². The van der Waals surface area contributed by atoms with Gasteiger partial charge >= 0.3 is 0 Å². The van der Waals surface area contributed by atoms with E-state index >= 15 is 0 Å². The highest BCUT2D eigenvalue weighted by molar-refractivity contribution is 5.81. The van der Waals surface area contributed by atoms with Gasteiger partial charge in [-0.25, -0.2) is 0 Å². The highest BCUT2D eigenvalue weighted by Gasteiger charge is 1.90. The van der Waals surface area contributed by atoms with Gasteiger partial charge in [0.05, 0.1) is 0 Å². The molecule has 0 N–H and O–H groups in total. The molecule has 0 fully saturated rings. The summed E-state index contributed by atoms with van der Waals surface area (Å²) in [5.74, 6) is 0. The molecule has 2 nitrogen and oxygen atoms in total. The smallest absolute Gasteiger partial charge is 0.0343 e. The van der Waals surface area contributed by atoms with Crippen molar-refractivity contribution in [1.29, 1.82) is 0 Å². The van der Waals surface area contributed by atoms with Crippen LogP contribution < -0.4 is 0 Å². The summed E-state index contributed by atoms with van der Waals surface area (Å²) in [6.45, 7) is 5.49. The Labute approximate surface area is 66.3 Å². The predicted octanol–water partition coefficient (Wildman–Crippen LogP) is 1.95. The van der Waals surface area contributed by atoms with Crippen LogP contribution in [0.1, 0.15) is 11.1 Å². The van der Waals surface area contributed by atoms with Crippen LogP contribution in [0.3, 0.4) is 0 Å². The SMILES string of the molecule is C=C/N=C\c1ccncc1C. The van der Waals surface area contributed by atoms with E-state index < -0.39 is 0 Å². The molecule has 1 heterocycles. The lowest BCUT2D eigenvalue weighted by atomic mass is 10.2. The molecule has 1 rings (SSSR count). The van der Waals surface area contributed by atoms with E-state index in [9.17, 15) is 0 Å². The molecule has 0 aliphatic rings. The van der Waals surface area contributed by atoms with Crippen molar-refractivity contribution in [2.45, 2.75) is 6.92 Å². The number of aliphatic imine (C=N–C) groups is 1. The standard InChI is InChI=1S/C9H10N2/c1-3-10-7-9-4-5-11-6-8(9)2/h3-7H,1H2,2H3/b10-7-. The lowest BCUT2D eigenvalue weighted by Gasteiger charge is -1.94. The van der Waals surface area contributed by atoms with Gasteiger partial charge in [0.15, 0.2) is 0 Å². The Morgan fingerprint density at radius 2 is 2.45 bits per heavy atom. The lowest BCUT2D eigenvalue weighted by Crippen LogP contribution is -1.86. The van der Waals surface area contributed by atoms with E-state index in [0.717, 1.165) is 11.1 Å². The molecule has 1 aromatic heterocycles. The summed E-state index contributed by atoms with van der Waals surface area (Å²) < 4.78 is 0. The van der Waals surface area contributed by atoms with Crippen LogP contribution in [0.25, 0.3) is 0 Å². The molecule has 2 heteroatoms. The normalized spacial score (nSPS) is 10.3. The lowest BCUT2D eigenvalue weighted by molar-refractivity contribution is 1.26. The van der Waals surface area contributed by atoms with Crippen LogP contribution in [0.2, 0.25) is 0 Å². The van der Waals surface area contributed by atoms with Gasteiger partial charge in [-0.15, -0.1) is 0 Å². The van der Waals surface area contributed by atoms with Crippen molar-refractivity contribution >= 4 is 6.21 Å². The highest BCUT2D eigenvalue weighted by atomic mass is 14.7. The van der Waals surface area contributed by atoms with Crippen LogP contribution >= 0.6 is 0 Å². The van der Waals surface area contributed by atoms with Crippen molar-refractivity contribution in [3.05, 3.63) is 42.4 Å². The molecule has 0 atom stereocenters. The third-order valence-corrected chi connectivity index (χ3v) is 1.38. The van der Waals surface area contributed by atoms with Gasteiger partial charge in [-0.2, -0.15) is 0 Å². The molecule has 0 radical (unpaired) electrons. The Bertz CT molecular complexity index is 277. The van der Waals surface area contributed by atoms with Crippen LogP contribution in [0, 0.1) is 6.92 Å². The van der Waals surface area contributed by atoms with E-state index in [4.69, 9.17) is 0 Å². The third-order valence-electron chi connectivity index (χ3n) is 1.38. The molecule has 0 saturated carbocycles. The van der Waals surface area contributed by atoms with Gasteiger partial charge in [-0.05, 0) is 24.1 Å². The average molecular weight is 146 g/mol. The fourth-order valence-corrected chi connectivity index (χ4v) is 0.762. The third kappa shape index (κ3) is 2.00. The summed E-state index contributed by atoms with van der Waals surface area (Å²) in [5.41, 5.74) is 2.21. The minimum Gasteiger partial charge on any atom is -0.265 e. The van der Waals surface area contributed by atoms with E-state index in [2.05, 4.69) is 16.6 Å². The minimum absolute atomic E-state index is 1.08. The first-order chi connectivity index (χ1) is 5.34. The molecule has 56 valence electrons. The second kappa shape index (κ2) is 3.66. The van der Waals surface area contributed by atoms with Crippen LogP contribution in [0.5, 0.6) is 0 Å². The molecule has 0 aliphatic heterocycles. The molecular weight excluding hydrogens is 136 g/mol. The first-order valence-corrected chi connectivity index (χ1v) is 3.39. The summed E-state index contributed by atoms with van der Waals surface area (Å²) in [6, 6.07) is 1.92. The summed E-state index contributed by atoms with van der Waals surface area (Å²) in [4.78, 5) is 7.88. The Balaban J connectivity index is 2.94. The molecule has 0 aromatic carbocycles. The number of aromatic nitrogens is 1. The summed E-state index contributed by atoms with van der Waals surface area (Å²) in [7, 11) is 0. The second-order valence-corrected chi connectivity index (χ2v) is 2.19. The Morgan fingerprint density at radius 1 is 1.64 bits per heavy atom. The van der Waals surface area contributed by atoms with Gasteiger partial charge in [0, 0.05) is 24.8 Å². The van der Waals surface area contributed by atoms with E-state index in [1.54, 1.807) is 12.4 Å². The summed E-state index contributed by atoms with van der Waals surface area (Å²) >= 11 is 0. The van der Waals surface area contributed by atoms with Crippen molar-refractivity contribution in [1.82, 2.24) is 4.98 Å². The molecule has 0 spiro atoms. The first kappa shape index (κ1) is 7.66. The van der Waals surface area contributed by atoms with Crippen LogP contribution in [-0.2, 0) is 0 Å². The predicted molar refractivity (Wildman–Crippen MR) is 46.8 cm³/mol. The van der Waals surface area contributed by atoms with Crippen molar-refractivity contribution in [3.8, 4) is 0 Å². The molecule has 0 unspecified atom stereocenters. The molecule has 0 saturated heterocycles. The second-order valence-electron chi connectivity index (χ2n) is 2.19. The minimum atomic E-state index is 1.08. The van der Waals surface area contributed by atoms with Gasteiger partial charge in [0.2, 0.25) is 0 Å². The molecule has 0 bridgehead atoms. The first-order valence-electron chi connectivity index (χ1n) is 3.39. The highest BCUT2D eigenvalue weighted by Crippen LogP contribution is 2.00. The van der Waals surface area contributed by atoms with Crippen LogP contribution in [0.15, 0.2) is 36.2 Å². The van der Waals surface area contributed by atoms with Gasteiger partial charge in [-0.1, -0.05) is 6.58 Å². The zero-order valence-electron chi connectivity index (χ0n) is 6.49. The van der Waals surface area contributed by atoms with Crippen molar-refractivity contribution in [3.63, 3.8) is 0 Å². The number of pyridine rings is 1. The number of rotatable bonds is 2. The van der Waals surface area contributed by atoms with Gasteiger partial charge in [-0.3, -0.25) is 9.98 Å². The quantitative estimate of drug-likeness (QED) is 0.585. The van der Waals surface area contributed by atoms with E-state index in [0.29, 0.717) is 0 Å². The number of aryl methyl sites for hydroxylation is 1. The maximum absolute atomic E-state index is 3.97. The zero-order valence-corrected chi connectivity index (χ0v) is 6.49. The average Bonchev–Trinajstić information content (AvgIpc) is 2.03. The Morgan fingerprint density at radius 3 is 3.09 bits per heavy atom. The van der Waals surface area contributed by atoms with Crippen molar-refractivity contribution < 1.29 is 0 Å². The fourth-order valence-electron chi connectivity index (χ4n) is 0.762. The topological polar surface area (TPSA) is 25.2 Å². The molecule has 0 aliphatic carbocycles. The molecule has 11 heavy (non-hydrogen) atoms. The largest absolute Gasteiger partial charge is 0.265 e. The van der Waals surface area contributed by atoms with Gasteiger partial charge in [0.1, 0.15) is 0 Å². The maximum Gasteiger partial charge on any atom is 0.0343 e. The monoisotopic (exact) mass is 146 g/mol. The van der Waals surface area contributed by atoms with Gasteiger partial charge < -0.3 is 0 Å². The summed E-state index contributed by atoms with van der Waals surface area (Å²) in [6.07, 6.45) is 6.84. The molecule has 1 aromatic rings. The van der Waals surface area contributed by atoms with Crippen molar-refractivity contribution in [2.24, 2.45) is 4.99 Å². The van der Waals surface area contributed by atoms with E-state index in [1.165, 1.54) is 6.20 Å². The Hall–Kier alpha value is -1.44. The van der Waals surface area contributed by atoms with Gasteiger partial charge in [0.25, 0.3) is 0 Å². The summed E-state index contributed by atoms with van der Waals surface area (Å²) in [5, 5.41) is 0. The van der Waals surface area contributed by atoms with Crippen molar-refractivity contribution in [2.75, 3.05) is 0 Å². The fraction of sp³-hybridized carbons (Fsp3) is 0.111. The number of nitrogens with zero attached hydrogens (tertiary/aromatic N) is 2. The molecule has 0 amide bonds. The number of hydrogen-bond acceptors (Lipinski definition) is 2. The number of hydrogen-bond donors (Lipinski definition) is 0. The van der Waals surface area contributed by atoms with E-state index in [-0.39, 0.29) is 0 Å². The van der Waals surface area contributed by atoms with Crippen LogP contribution in [0.4, 0.5) is 0 Å². The van der Waals surface area contributed by atoms with Crippen LogP contribution in [-0.4, -0.2) is 11.2 Å². The Kier molecular flexibility index (Phi) is 2.55.